The zero-order chi connectivity index (χ0) is 28.2. The van der Waals surface area contributed by atoms with Crippen LogP contribution in [-0.4, -0.2) is 34.7 Å². The number of carbonyl (C=O) groups excluding carboxylic acids is 1. The normalized spacial score (nSPS) is 14.6. The summed E-state index contributed by atoms with van der Waals surface area (Å²) < 4.78 is 17.9. The van der Waals surface area contributed by atoms with E-state index in [9.17, 15) is 9.00 Å². The minimum Gasteiger partial charge on any atom is -0.330 e. The molecule has 0 aliphatic carbocycles. The molecule has 1 aliphatic rings. The van der Waals surface area contributed by atoms with E-state index in [0.29, 0.717) is 22.8 Å². The van der Waals surface area contributed by atoms with Crippen molar-refractivity contribution in [1.82, 2.24) is 9.71 Å². The molecule has 1 atom stereocenters. The minimum absolute atomic E-state index is 0.231. The van der Waals surface area contributed by atoms with Crippen LogP contribution in [0.15, 0.2) is 66.2 Å². The first-order valence-corrected chi connectivity index (χ1v) is 15.5. The van der Waals surface area contributed by atoms with Crippen molar-refractivity contribution in [2.75, 3.05) is 29.3 Å². The monoisotopic (exact) mass is 585 g/mol. The number of nitrogens with two attached hydrogens (primary N) is 1. The van der Waals surface area contributed by atoms with Crippen molar-refractivity contribution in [3.05, 3.63) is 76.8 Å². The summed E-state index contributed by atoms with van der Waals surface area (Å²) in [5.74, 6) is -0.231. The molecule has 4 aromatic rings. The molecule has 2 aromatic carbocycles. The molecule has 0 bridgehead atoms. The molecule has 39 heavy (non-hydrogen) atoms. The van der Waals surface area contributed by atoms with Crippen LogP contribution in [0, 0.1) is 0 Å². The smallest absolute Gasteiger partial charge is 0.255 e. The lowest BCUT2D eigenvalue weighted by Gasteiger charge is -2.27. The zero-order valence-electron chi connectivity index (χ0n) is 22.6. The van der Waals surface area contributed by atoms with Crippen molar-refractivity contribution < 1.29 is 9.00 Å². The fourth-order valence-corrected chi connectivity index (χ4v) is 6.01. The highest BCUT2D eigenvalue weighted by Crippen LogP contribution is 2.36. The zero-order valence-corrected chi connectivity index (χ0v) is 25.0. The Labute approximate surface area is 242 Å². The summed E-state index contributed by atoms with van der Waals surface area (Å²) in [6.45, 7) is 8.43. The summed E-state index contributed by atoms with van der Waals surface area (Å²) in [5, 5.41) is 6.64. The molecule has 1 fully saturated rings. The molecule has 5 rings (SSSR count). The van der Waals surface area contributed by atoms with Crippen LogP contribution in [0.2, 0.25) is 5.02 Å². The Morgan fingerprint density at radius 1 is 1.18 bits per heavy atom. The van der Waals surface area contributed by atoms with Gasteiger partial charge in [-0.25, -0.2) is 8.93 Å². The number of thiophene rings is 1. The lowest BCUT2D eigenvalue weighted by atomic mass is 10.1. The highest BCUT2D eigenvalue weighted by atomic mass is 35.5. The van der Waals surface area contributed by atoms with E-state index < -0.39 is 11.2 Å². The van der Waals surface area contributed by atoms with Gasteiger partial charge in [0.15, 0.2) is 11.2 Å². The molecule has 0 saturated carbocycles. The van der Waals surface area contributed by atoms with E-state index in [0.717, 1.165) is 46.5 Å². The first-order valence-electron chi connectivity index (χ1n) is 13.2. The maximum absolute atomic E-state index is 12.8. The van der Waals surface area contributed by atoms with Gasteiger partial charge < -0.3 is 11.1 Å². The number of carbonyl (C=O) groups is 1. The fourth-order valence-electron chi connectivity index (χ4n) is 3.82. The molecular weight excluding hydrogens is 550 g/mol. The molecular formula is C29H36ClN5O2S2. The number of pyridine rings is 1. The van der Waals surface area contributed by atoms with E-state index in [4.69, 9.17) is 17.3 Å². The van der Waals surface area contributed by atoms with Crippen LogP contribution in [0.25, 0.3) is 21.3 Å². The Bertz CT molecular complexity index is 1380. The van der Waals surface area contributed by atoms with Gasteiger partial charge in [-0.15, -0.1) is 11.3 Å². The van der Waals surface area contributed by atoms with E-state index >= 15 is 0 Å². The average molecular weight is 586 g/mol. The first-order chi connectivity index (χ1) is 19.0. The van der Waals surface area contributed by atoms with E-state index in [-0.39, 0.29) is 5.91 Å². The van der Waals surface area contributed by atoms with E-state index in [1.54, 1.807) is 46.1 Å². The molecule has 7 nitrogen and oxygen atoms in total. The van der Waals surface area contributed by atoms with Crippen LogP contribution in [-0.2, 0) is 11.2 Å². The molecule has 2 aromatic heterocycles. The molecule has 208 valence electrons. The third-order valence-corrected chi connectivity index (χ3v) is 8.30. The second-order valence-electron chi connectivity index (χ2n) is 8.44. The maximum atomic E-state index is 12.8. The lowest BCUT2D eigenvalue weighted by molar-refractivity contribution is 0.102. The van der Waals surface area contributed by atoms with Gasteiger partial charge in [0.1, 0.15) is 0 Å². The molecule has 4 N–H and O–H groups in total. The number of benzene rings is 2. The number of rotatable bonds is 6. The number of nitrogens with one attached hydrogen (secondary N) is 2. The quantitative estimate of drug-likeness (QED) is 0.226. The summed E-state index contributed by atoms with van der Waals surface area (Å²) in [5.41, 5.74) is 8.67. The molecule has 1 unspecified atom stereocenters. The second kappa shape index (κ2) is 15.7. The number of fused-ring (bicyclic) bond motifs is 1. The van der Waals surface area contributed by atoms with Crippen LogP contribution in [0.3, 0.4) is 0 Å². The van der Waals surface area contributed by atoms with Crippen LogP contribution >= 0.6 is 22.9 Å². The molecule has 1 aliphatic heterocycles. The number of unbranched alkanes of at least 4 members (excludes halogenated alkanes) is 1. The summed E-state index contributed by atoms with van der Waals surface area (Å²) in [7, 11) is 0. The Balaban J connectivity index is 0.000000542. The fraction of sp³-hybridized carbons (Fsp3) is 0.310. The molecule has 0 spiro atoms. The first kappa shape index (κ1) is 30.7. The van der Waals surface area contributed by atoms with Crippen LogP contribution in [0.4, 0.5) is 11.4 Å². The van der Waals surface area contributed by atoms with Crippen LogP contribution in [0.1, 0.15) is 50.4 Å². The predicted octanol–water partition coefficient (Wildman–Crippen LogP) is 7.02. The van der Waals surface area contributed by atoms with Crippen molar-refractivity contribution in [3.63, 3.8) is 0 Å². The maximum Gasteiger partial charge on any atom is 0.255 e. The van der Waals surface area contributed by atoms with Gasteiger partial charge >= 0.3 is 0 Å². The Morgan fingerprint density at radius 2 is 1.95 bits per heavy atom. The Hall–Kier alpha value is -2.82. The number of nitrogens with zero attached hydrogens (tertiary/aromatic N) is 2. The Kier molecular flexibility index (Phi) is 12.4. The van der Waals surface area contributed by atoms with Crippen LogP contribution < -0.4 is 20.1 Å². The highest BCUT2D eigenvalue weighted by molar-refractivity contribution is 7.84. The molecule has 0 radical (unpaired) electrons. The van der Waals surface area contributed by atoms with Gasteiger partial charge in [0.25, 0.3) is 5.91 Å². The SMILES string of the molecule is CC.CCCCN.O=C(Nc1ccc(Cl)c(-c2nccc3ccsc23)c1)c1ccc(N2CCCNS2=O)cc1. The van der Waals surface area contributed by atoms with Gasteiger partial charge in [0, 0.05) is 36.1 Å². The number of amides is 1. The highest BCUT2D eigenvalue weighted by Gasteiger charge is 2.18. The van der Waals surface area contributed by atoms with Gasteiger partial charge in [-0.05, 0) is 84.7 Å². The van der Waals surface area contributed by atoms with Crippen molar-refractivity contribution in [1.29, 1.82) is 0 Å². The largest absolute Gasteiger partial charge is 0.330 e. The Morgan fingerprint density at radius 3 is 2.62 bits per heavy atom. The summed E-state index contributed by atoms with van der Waals surface area (Å²) >= 11 is 6.84. The second-order valence-corrected chi connectivity index (χ2v) is 11.0. The molecule has 3 heterocycles. The van der Waals surface area contributed by atoms with Crippen molar-refractivity contribution >= 4 is 61.5 Å². The van der Waals surface area contributed by atoms with Gasteiger partial charge in [-0.3, -0.25) is 14.1 Å². The number of anilines is 2. The average Bonchev–Trinajstić information content (AvgIpc) is 3.46. The van der Waals surface area contributed by atoms with Crippen molar-refractivity contribution in [2.45, 2.75) is 40.0 Å². The molecule has 10 heteroatoms. The van der Waals surface area contributed by atoms with E-state index in [2.05, 4.69) is 21.9 Å². The van der Waals surface area contributed by atoms with Gasteiger partial charge in [-0.2, -0.15) is 0 Å². The molecule has 1 saturated heterocycles. The topological polar surface area (TPSA) is 100 Å². The third-order valence-electron chi connectivity index (χ3n) is 5.79. The standard InChI is InChI=1S/C23H19ClN4O2S2.C4H11N.C2H6/c24-20-7-4-17(14-19(20)21-22-15(8-11-25-21)9-13-31-22)27-23(29)16-2-5-18(6-3-16)28-12-1-10-26-32(28)30;1-2-3-4-5;1-2/h2-9,11,13-14,26H,1,10,12H2,(H,27,29);2-5H2,1H3;1-2H3. The number of aromatic nitrogens is 1. The minimum atomic E-state index is -1.24. The lowest BCUT2D eigenvalue weighted by Crippen LogP contribution is -2.42. The number of halogens is 1. The predicted molar refractivity (Wildman–Crippen MR) is 168 cm³/mol. The van der Waals surface area contributed by atoms with Gasteiger partial charge in [0.05, 0.1) is 21.1 Å². The summed E-state index contributed by atoms with van der Waals surface area (Å²) in [6, 6.07) is 16.5. The van der Waals surface area contributed by atoms with Crippen LogP contribution in [0.5, 0.6) is 0 Å². The van der Waals surface area contributed by atoms with Gasteiger partial charge in [0.2, 0.25) is 0 Å². The van der Waals surface area contributed by atoms with Gasteiger partial charge in [-0.1, -0.05) is 38.8 Å². The number of hydrogen-bond donors (Lipinski definition) is 3. The van der Waals surface area contributed by atoms with Crippen molar-refractivity contribution in [3.8, 4) is 11.3 Å². The van der Waals surface area contributed by atoms with E-state index in [1.807, 2.05) is 49.6 Å². The molecule has 1 amide bonds. The number of hydrogen-bond acceptors (Lipinski definition) is 5. The van der Waals surface area contributed by atoms with E-state index in [1.165, 1.54) is 12.8 Å². The summed E-state index contributed by atoms with van der Waals surface area (Å²) in [4.78, 5) is 17.4. The van der Waals surface area contributed by atoms with Crippen molar-refractivity contribution in [2.24, 2.45) is 5.73 Å². The summed E-state index contributed by atoms with van der Waals surface area (Å²) in [6.07, 6.45) is 5.07. The third kappa shape index (κ3) is 8.09.